The van der Waals surface area contributed by atoms with Crippen LogP contribution in [0.1, 0.15) is 36.4 Å². The lowest BCUT2D eigenvalue weighted by Gasteiger charge is -2.33. The predicted molar refractivity (Wildman–Crippen MR) is 112 cm³/mol. The summed E-state index contributed by atoms with van der Waals surface area (Å²) in [5, 5.41) is 8.04. The van der Waals surface area contributed by atoms with E-state index in [0.29, 0.717) is 24.4 Å². The number of aromatic nitrogens is 2. The van der Waals surface area contributed by atoms with Gasteiger partial charge in [0.2, 0.25) is 5.91 Å². The fourth-order valence-electron chi connectivity index (χ4n) is 3.97. The number of hydrogen-bond acceptors (Lipinski definition) is 2. The van der Waals surface area contributed by atoms with E-state index in [4.69, 9.17) is 11.6 Å². The molecular weight excluding hydrogens is 389 g/mol. The van der Waals surface area contributed by atoms with Crippen molar-refractivity contribution in [2.24, 2.45) is 0 Å². The summed E-state index contributed by atoms with van der Waals surface area (Å²) in [6.45, 7) is 1.46. The summed E-state index contributed by atoms with van der Waals surface area (Å²) >= 11 is 5.92. The molecule has 1 N–H and O–H groups in total. The molecule has 2 heterocycles. The van der Waals surface area contributed by atoms with Crippen molar-refractivity contribution < 1.29 is 9.18 Å². The number of aromatic amines is 1. The van der Waals surface area contributed by atoms with Crippen LogP contribution in [-0.2, 0) is 11.2 Å². The summed E-state index contributed by atoms with van der Waals surface area (Å²) in [6, 6.07) is 14.1. The number of nitrogens with one attached hydrogen (secondary N) is 1. The summed E-state index contributed by atoms with van der Waals surface area (Å²) < 4.78 is 13.3. The molecule has 0 spiro atoms. The molecule has 0 aliphatic carbocycles. The molecule has 3 aromatic rings. The van der Waals surface area contributed by atoms with Crippen molar-refractivity contribution in [3.8, 4) is 11.1 Å². The molecule has 4 nitrogen and oxygen atoms in total. The number of carbonyl (C=O) groups excluding carboxylic acids is 1. The molecule has 1 atom stereocenters. The van der Waals surface area contributed by atoms with Crippen molar-refractivity contribution in [2.45, 2.75) is 31.6 Å². The molecule has 4 rings (SSSR count). The van der Waals surface area contributed by atoms with Crippen molar-refractivity contribution in [3.05, 3.63) is 76.8 Å². The molecule has 2 aromatic carbocycles. The first-order chi connectivity index (χ1) is 14.1. The number of amides is 1. The third kappa shape index (κ3) is 4.67. The van der Waals surface area contributed by atoms with Gasteiger partial charge in [0.25, 0.3) is 0 Å². The Morgan fingerprint density at radius 3 is 2.69 bits per heavy atom. The van der Waals surface area contributed by atoms with Crippen LogP contribution in [-0.4, -0.2) is 34.1 Å². The van der Waals surface area contributed by atoms with Crippen LogP contribution in [0, 0.1) is 5.82 Å². The Hall–Kier alpha value is -2.66. The Morgan fingerprint density at radius 1 is 1.17 bits per heavy atom. The lowest BCUT2D eigenvalue weighted by atomic mass is 9.90. The quantitative estimate of drug-likeness (QED) is 0.626. The number of halogens is 2. The highest BCUT2D eigenvalue weighted by atomic mass is 35.5. The Balaban J connectivity index is 1.42. The van der Waals surface area contributed by atoms with Crippen LogP contribution in [0.25, 0.3) is 11.1 Å². The number of rotatable bonds is 5. The van der Waals surface area contributed by atoms with E-state index < -0.39 is 0 Å². The first-order valence-corrected chi connectivity index (χ1v) is 10.3. The normalized spacial score (nSPS) is 16.8. The van der Waals surface area contributed by atoms with Gasteiger partial charge in [-0.25, -0.2) is 4.39 Å². The summed E-state index contributed by atoms with van der Waals surface area (Å²) in [6.07, 6.45) is 4.94. The van der Waals surface area contributed by atoms with Gasteiger partial charge in [0.15, 0.2) is 0 Å². The van der Waals surface area contributed by atoms with Crippen LogP contribution < -0.4 is 0 Å². The number of piperidine rings is 1. The molecular formula is C23H23ClFN3O. The molecule has 0 unspecified atom stereocenters. The number of hydrogen-bond donors (Lipinski definition) is 1. The van der Waals surface area contributed by atoms with Gasteiger partial charge in [-0.2, -0.15) is 5.10 Å². The van der Waals surface area contributed by atoms with Gasteiger partial charge in [0.05, 0.1) is 6.20 Å². The Kier molecular flexibility index (Phi) is 5.95. The highest BCUT2D eigenvalue weighted by Gasteiger charge is 2.27. The van der Waals surface area contributed by atoms with Crippen molar-refractivity contribution in [3.63, 3.8) is 0 Å². The van der Waals surface area contributed by atoms with E-state index in [-0.39, 0.29) is 17.6 Å². The smallest absolute Gasteiger partial charge is 0.222 e. The minimum absolute atomic E-state index is 0.174. The second-order valence-corrected chi connectivity index (χ2v) is 7.95. The summed E-state index contributed by atoms with van der Waals surface area (Å²) in [5.41, 5.74) is 4.04. The zero-order valence-electron chi connectivity index (χ0n) is 16.1. The van der Waals surface area contributed by atoms with E-state index in [1.807, 2.05) is 29.2 Å². The molecule has 150 valence electrons. The number of likely N-dealkylation sites (tertiary alicyclic amines) is 1. The van der Waals surface area contributed by atoms with E-state index in [0.717, 1.165) is 41.8 Å². The Morgan fingerprint density at radius 2 is 1.93 bits per heavy atom. The van der Waals surface area contributed by atoms with Crippen LogP contribution >= 0.6 is 11.6 Å². The van der Waals surface area contributed by atoms with Crippen LogP contribution in [0.2, 0.25) is 5.02 Å². The molecule has 6 heteroatoms. The Labute approximate surface area is 174 Å². The summed E-state index contributed by atoms with van der Waals surface area (Å²) in [7, 11) is 0. The second kappa shape index (κ2) is 8.78. The molecule has 29 heavy (non-hydrogen) atoms. The van der Waals surface area contributed by atoms with Crippen LogP contribution in [0.15, 0.2) is 54.7 Å². The van der Waals surface area contributed by atoms with Gasteiger partial charge >= 0.3 is 0 Å². The van der Waals surface area contributed by atoms with Crippen LogP contribution in [0.3, 0.4) is 0 Å². The molecule has 1 aromatic heterocycles. The second-order valence-electron chi connectivity index (χ2n) is 7.51. The van der Waals surface area contributed by atoms with Crippen LogP contribution in [0.5, 0.6) is 0 Å². The summed E-state index contributed by atoms with van der Waals surface area (Å²) in [4.78, 5) is 14.7. The maximum absolute atomic E-state index is 13.3. The van der Waals surface area contributed by atoms with Gasteiger partial charge in [0, 0.05) is 41.7 Å². The van der Waals surface area contributed by atoms with Crippen LogP contribution in [0.4, 0.5) is 4.39 Å². The Bertz CT molecular complexity index is 969. The number of H-pyrrole nitrogens is 1. The van der Waals surface area contributed by atoms with Gasteiger partial charge in [-0.15, -0.1) is 0 Å². The molecule has 1 saturated heterocycles. The van der Waals surface area contributed by atoms with E-state index in [9.17, 15) is 9.18 Å². The lowest BCUT2D eigenvalue weighted by Crippen LogP contribution is -2.39. The largest absolute Gasteiger partial charge is 0.342 e. The molecule has 1 aliphatic rings. The average Bonchev–Trinajstić information content (AvgIpc) is 3.24. The lowest BCUT2D eigenvalue weighted by molar-refractivity contribution is -0.132. The van der Waals surface area contributed by atoms with Crippen molar-refractivity contribution >= 4 is 17.5 Å². The average molecular weight is 412 g/mol. The molecule has 0 radical (unpaired) electrons. The highest BCUT2D eigenvalue weighted by Crippen LogP contribution is 2.33. The first-order valence-electron chi connectivity index (χ1n) is 9.91. The molecule has 1 fully saturated rings. The minimum atomic E-state index is -0.256. The SMILES string of the molecule is O=C(CCc1ccc(Cl)cc1)N1CCC[C@H](c2[nH]ncc2-c2ccc(F)cc2)C1. The van der Waals surface area contributed by atoms with E-state index in [1.54, 1.807) is 18.3 Å². The third-order valence-electron chi connectivity index (χ3n) is 5.55. The van der Waals surface area contributed by atoms with E-state index in [2.05, 4.69) is 10.2 Å². The highest BCUT2D eigenvalue weighted by molar-refractivity contribution is 6.30. The number of benzene rings is 2. The zero-order chi connectivity index (χ0) is 20.2. The summed E-state index contributed by atoms with van der Waals surface area (Å²) in [5.74, 6) is 0.118. The molecule has 1 amide bonds. The topological polar surface area (TPSA) is 49.0 Å². The fourth-order valence-corrected chi connectivity index (χ4v) is 4.09. The minimum Gasteiger partial charge on any atom is -0.342 e. The van der Waals surface area contributed by atoms with Gasteiger partial charge < -0.3 is 4.90 Å². The first kappa shape index (κ1) is 19.6. The molecule has 1 aliphatic heterocycles. The number of carbonyl (C=O) groups is 1. The fraction of sp³-hybridized carbons (Fsp3) is 0.304. The monoisotopic (exact) mass is 411 g/mol. The number of aryl methyl sites for hydroxylation is 1. The van der Waals surface area contributed by atoms with Crippen molar-refractivity contribution in [2.75, 3.05) is 13.1 Å². The maximum atomic E-state index is 13.3. The van der Waals surface area contributed by atoms with Gasteiger partial charge in [-0.05, 0) is 54.7 Å². The molecule has 0 bridgehead atoms. The standard InChI is InChI=1S/C23H23ClFN3O/c24-19-8-3-16(4-9-19)5-12-22(29)28-13-1-2-18(15-28)23-21(14-26-27-23)17-6-10-20(25)11-7-17/h3-4,6-11,14,18H,1-2,5,12-13,15H2,(H,26,27)/t18-/m0/s1. The van der Waals surface area contributed by atoms with Gasteiger partial charge in [0.1, 0.15) is 5.82 Å². The van der Waals surface area contributed by atoms with E-state index in [1.165, 1.54) is 12.1 Å². The maximum Gasteiger partial charge on any atom is 0.222 e. The van der Waals surface area contributed by atoms with E-state index >= 15 is 0 Å². The van der Waals surface area contributed by atoms with Gasteiger partial charge in [-0.3, -0.25) is 9.89 Å². The number of nitrogens with zero attached hydrogens (tertiary/aromatic N) is 2. The van der Waals surface area contributed by atoms with Gasteiger partial charge in [-0.1, -0.05) is 35.9 Å². The predicted octanol–water partition coefficient (Wildman–Crippen LogP) is 5.21. The van der Waals surface area contributed by atoms with Crippen molar-refractivity contribution in [1.29, 1.82) is 0 Å². The zero-order valence-corrected chi connectivity index (χ0v) is 16.8. The van der Waals surface area contributed by atoms with Crippen molar-refractivity contribution in [1.82, 2.24) is 15.1 Å². The molecule has 0 saturated carbocycles. The third-order valence-corrected chi connectivity index (χ3v) is 5.80.